The number of hydrogen-bond acceptors (Lipinski definition) is 4. The maximum Gasteiger partial charge on any atom is 0.191 e. The van der Waals surface area contributed by atoms with Crippen molar-refractivity contribution in [2.75, 3.05) is 7.11 Å². The molecule has 25 heavy (non-hydrogen) atoms. The van der Waals surface area contributed by atoms with Crippen LogP contribution in [0.5, 0.6) is 0 Å². The summed E-state index contributed by atoms with van der Waals surface area (Å²) in [7, 11) is 1.55. The number of rotatable bonds is 4. The minimum atomic E-state index is -1.37. The molecule has 0 bridgehead atoms. The van der Waals surface area contributed by atoms with E-state index in [9.17, 15) is 4.55 Å². The summed E-state index contributed by atoms with van der Waals surface area (Å²) in [5, 5.41) is 0.932. The Hall–Kier alpha value is -1.40. The van der Waals surface area contributed by atoms with Gasteiger partial charge in [-0.3, -0.25) is 0 Å². The molecule has 1 atom stereocenters. The van der Waals surface area contributed by atoms with Crippen LogP contribution in [0, 0.1) is 0 Å². The van der Waals surface area contributed by atoms with E-state index in [0.29, 0.717) is 15.6 Å². The van der Waals surface area contributed by atoms with E-state index in [1.54, 1.807) is 19.4 Å². The zero-order valence-corrected chi connectivity index (χ0v) is 17.0. The summed E-state index contributed by atoms with van der Waals surface area (Å²) in [5.41, 5.74) is 3.25. The second-order valence-electron chi connectivity index (χ2n) is 6.33. The molecule has 132 valence electrons. The Bertz CT molecular complexity index is 800. The minimum Gasteiger partial charge on any atom is -0.591 e. The number of thiocarbonyl (C=S) groups is 1. The van der Waals surface area contributed by atoms with Crippen molar-refractivity contribution in [2.24, 2.45) is 4.40 Å². The van der Waals surface area contributed by atoms with Gasteiger partial charge < -0.3 is 9.29 Å². The number of nitrogens with zero attached hydrogens (tertiary/aromatic N) is 1. The lowest BCUT2D eigenvalue weighted by atomic mass is 9.96. The smallest absolute Gasteiger partial charge is 0.191 e. The second-order valence-corrected chi connectivity index (χ2v) is 9.05. The summed E-state index contributed by atoms with van der Waals surface area (Å²) in [6.07, 6.45) is 1.58. The maximum atomic E-state index is 12.2. The van der Waals surface area contributed by atoms with Crippen molar-refractivity contribution in [1.82, 2.24) is 0 Å². The number of methoxy groups -OCH3 is 1. The molecule has 0 saturated carbocycles. The van der Waals surface area contributed by atoms with Crippen LogP contribution in [-0.2, 0) is 16.1 Å². The largest absolute Gasteiger partial charge is 0.591 e. The standard InChI is InChI=1S/C19H20ClNO2S2/c1-19(2,3)25(22)21-12-16-14(10-7-11-17(16)20)13-8-5-6-9-15(13)18(24)23-4/h5-12H,1-4H3/b21-12+. The fraction of sp³-hybridized carbons (Fsp3) is 0.263. The van der Waals surface area contributed by atoms with E-state index < -0.39 is 16.1 Å². The zero-order chi connectivity index (χ0) is 18.6. The monoisotopic (exact) mass is 393 g/mol. The Morgan fingerprint density at radius 1 is 1.16 bits per heavy atom. The molecule has 1 unspecified atom stereocenters. The fourth-order valence-electron chi connectivity index (χ4n) is 2.17. The van der Waals surface area contributed by atoms with Crippen molar-refractivity contribution < 1.29 is 9.29 Å². The lowest BCUT2D eigenvalue weighted by molar-refractivity contribution is 0.416. The predicted molar refractivity (Wildman–Crippen MR) is 111 cm³/mol. The van der Waals surface area contributed by atoms with Gasteiger partial charge in [0.2, 0.25) is 0 Å². The van der Waals surface area contributed by atoms with E-state index in [0.717, 1.165) is 16.7 Å². The van der Waals surface area contributed by atoms with Crippen LogP contribution in [0.2, 0.25) is 5.02 Å². The van der Waals surface area contributed by atoms with E-state index in [2.05, 4.69) is 4.40 Å². The molecule has 0 aliphatic rings. The van der Waals surface area contributed by atoms with Gasteiger partial charge in [0, 0.05) is 11.1 Å². The quantitative estimate of drug-likeness (QED) is 0.407. The highest BCUT2D eigenvalue weighted by Crippen LogP contribution is 2.31. The van der Waals surface area contributed by atoms with Crippen molar-refractivity contribution >= 4 is 46.4 Å². The van der Waals surface area contributed by atoms with Crippen LogP contribution in [-0.4, -0.2) is 27.7 Å². The topological polar surface area (TPSA) is 44.6 Å². The molecular formula is C19H20ClNO2S2. The van der Waals surface area contributed by atoms with Gasteiger partial charge in [-0.15, -0.1) is 0 Å². The number of halogens is 1. The molecule has 3 nitrogen and oxygen atoms in total. The normalized spacial score (nSPS) is 13.0. The van der Waals surface area contributed by atoms with Gasteiger partial charge in [-0.2, -0.15) is 0 Å². The summed E-state index contributed by atoms with van der Waals surface area (Å²) in [6, 6.07) is 13.3. The van der Waals surface area contributed by atoms with Crippen LogP contribution in [0.1, 0.15) is 31.9 Å². The van der Waals surface area contributed by atoms with Crippen LogP contribution in [0.25, 0.3) is 11.1 Å². The third kappa shape index (κ3) is 4.82. The summed E-state index contributed by atoms with van der Waals surface area (Å²) < 4.78 is 21.2. The summed E-state index contributed by atoms with van der Waals surface area (Å²) >= 11 is 10.3. The van der Waals surface area contributed by atoms with Crippen LogP contribution in [0.3, 0.4) is 0 Å². The van der Waals surface area contributed by atoms with Crippen molar-refractivity contribution in [3.05, 3.63) is 58.6 Å². The van der Waals surface area contributed by atoms with Crippen LogP contribution < -0.4 is 0 Å². The Balaban J connectivity index is 2.57. The summed E-state index contributed by atoms with van der Waals surface area (Å²) in [5.74, 6) is 0. The summed E-state index contributed by atoms with van der Waals surface area (Å²) in [4.78, 5) is 0. The average molecular weight is 394 g/mol. The molecule has 0 spiro atoms. The highest BCUT2D eigenvalue weighted by molar-refractivity contribution is 7.91. The van der Waals surface area contributed by atoms with Crippen LogP contribution >= 0.6 is 23.8 Å². The third-order valence-electron chi connectivity index (χ3n) is 3.48. The van der Waals surface area contributed by atoms with Crippen molar-refractivity contribution in [2.45, 2.75) is 25.5 Å². The molecule has 0 heterocycles. The molecule has 0 aliphatic heterocycles. The summed E-state index contributed by atoms with van der Waals surface area (Å²) in [6.45, 7) is 5.63. The zero-order valence-electron chi connectivity index (χ0n) is 14.6. The van der Waals surface area contributed by atoms with E-state index in [1.165, 1.54) is 0 Å². The Morgan fingerprint density at radius 2 is 1.80 bits per heavy atom. The van der Waals surface area contributed by atoms with Crippen molar-refractivity contribution in [3.8, 4) is 11.1 Å². The average Bonchev–Trinajstić information content (AvgIpc) is 2.58. The van der Waals surface area contributed by atoms with Gasteiger partial charge in [0.1, 0.15) is 16.1 Å². The third-order valence-corrected chi connectivity index (χ3v) is 5.54. The van der Waals surface area contributed by atoms with Gasteiger partial charge in [-0.25, -0.2) is 0 Å². The van der Waals surface area contributed by atoms with Gasteiger partial charge in [0.25, 0.3) is 0 Å². The molecular weight excluding hydrogens is 374 g/mol. The first-order chi connectivity index (χ1) is 11.8. The molecule has 2 rings (SSSR count). The molecule has 0 radical (unpaired) electrons. The highest BCUT2D eigenvalue weighted by Gasteiger charge is 2.26. The Labute approximate surface area is 162 Å². The molecule has 2 aromatic rings. The lowest BCUT2D eigenvalue weighted by Crippen LogP contribution is -2.25. The number of ether oxygens (including phenoxy) is 1. The molecule has 0 N–H and O–H groups in total. The fourth-order valence-corrected chi connectivity index (χ4v) is 3.09. The highest BCUT2D eigenvalue weighted by atomic mass is 35.5. The van der Waals surface area contributed by atoms with E-state index >= 15 is 0 Å². The number of hydrogen-bond donors (Lipinski definition) is 0. The molecule has 0 fully saturated rings. The maximum absolute atomic E-state index is 12.2. The molecule has 0 aliphatic carbocycles. The number of benzene rings is 2. The van der Waals surface area contributed by atoms with E-state index in [1.807, 2.05) is 57.2 Å². The van der Waals surface area contributed by atoms with Crippen LogP contribution in [0.4, 0.5) is 0 Å². The molecule has 0 saturated heterocycles. The van der Waals surface area contributed by atoms with Gasteiger partial charge >= 0.3 is 0 Å². The molecule has 2 aromatic carbocycles. The van der Waals surface area contributed by atoms with E-state index in [-0.39, 0.29) is 0 Å². The van der Waals surface area contributed by atoms with Crippen LogP contribution in [0.15, 0.2) is 46.9 Å². The lowest BCUT2D eigenvalue weighted by Gasteiger charge is -2.18. The predicted octanol–water partition coefficient (Wildman–Crippen LogP) is 5.21. The first-order valence-corrected chi connectivity index (χ1v) is 9.57. The first-order valence-electron chi connectivity index (χ1n) is 7.68. The molecule has 6 heteroatoms. The SMILES string of the molecule is COC(=S)c1ccccc1-c1cccc(Cl)c1/C=N/[S+]([O-])C(C)(C)C. The van der Waals surface area contributed by atoms with Gasteiger partial charge in [0.15, 0.2) is 5.05 Å². The molecule has 0 aromatic heterocycles. The van der Waals surface area contributed by atoms with Crippen molar-refractivity contribution in [3.63, 3.8) is 0 Å². The van der Waals surface area contributed by atoms with E-state index in [4.69, 9.17) is 28.6 Å². The Kier molecular flexibility index (Phi) is 6.63. The first kappa shape index (κ1) is 19.9. The second kappa shape index (κ2) is 8.32. The Morgan fingerprint density at radius 3 is 2.44 bits per heavy atom. The molecule has 0 amide bonds. The van der Waals surface area contributed by atoms with Gasteiger partial charge in [-0.1, -0.05) is 46.3 Å². The van der Waals surface area contributed by atoms with Gasteiger partial charge in [-0.05, 0) is 56.2 Å². The minimum absolute atomic E-state index is 0.400. The van der Waals surface area contributed by atoms with Gasteiger partial charge in [0.05, 0.1) is 18.3 Å². The van der Waals surface area contributed by atoms with Crippen molar-refractivity contribution in [1.29, 1.82) is 0 Å².